The van der Waals surface area contributed by atoms with E-state index in [9.17, 15) is 24.8 Å². The van der Waals surface area contributed by atoms with E-state index in [1.165, 1.54) is 6.92 Å². The average Bonchev–Trinajstić information content (AvgIpc) is 2.78. The second-order valence-electron chi connectivity index (χ2n) is 8.50. The zero-order chi connectivity index (χ0) is 18.3. The zero-order valence-electron chi connectivity index (χ0n) is 15.1. The van der Waals surface area contributed by atoms with Crippen LogP contribution in [0.4, 0.5) is 0 Å². The predicted molar refractivity (Wildman–Crippen MR) is 89.1 cm³/mol. The Morgan fingerprint density at radius 2 is 1.83 bits per heavy atom. The molecule has 2 bridgehead atoms. The van der Waals surface area contributed by atoms with Crippen LogP contribution in [0, 0.1) is 26.9 Å². The Morgan fingerprint density at radius 3 is 2.25 bits per heavy atom. The van der Waals surface area contributed by atoms with Gasteiger partial charge in [-0.2, -0.15) is 0 Å². The van der Waals surface area contributed by atoms with Crippen LogP contribution in [0.15, 0.2) is 0 Å². The zero-order valence-corrected chi connectivity index (χ0v) is 15.1. The van der Waals surface area contributed by atoms with Crippen molar-refractivity contribution in [3.8, 4) is 0 Å². The van der Waals surface area contributed by atoms with Crippen LogP contribution in [-0.2, 0) is 9.59 Å². The van der Waals surface area contributed by atoms with Gasteiger partial charge in [0.2, 0.25) is 6.04 Å². The highest BCUT2D eigenvalue weighted by Gasteiger charge is 2.70. The first-order valence-corrected chi connectivity index (χ1v) is 8.84. The highest BCUT2D eigenvalue weighted by atomic mass is 16.6. The molecule has 4 atom stereocenters. The standard InChI is InChI=1S/C18H29NO5/c1-12(20)5-6-14(19(23)24)7-8-15(21)18(22)11-13-9-10-17(18,4)16(13,2)3/h13-14,22H,5-11H2,1-4H3/t13-,14+,17-,18+/m1/s1. The number of nitro groups is 1. The Bertz CT molecular complexity index is 558. The maximum Gasteiger partial charge on any atom is 0.214 e. The van der Waals surface area contributed by atoms with Gasteiger partial charge >= 0.3 is 0 Å². The first-order chi connectivity index (χ1) is 11.0. The molecule has 0 spiro atoms. The number of rotatable bonds is 8. The summed E-state index contributed by atoms with van der Waals surface area (Å²) >= 11 is 0. The molecule has 136 valence electrons. The van der Waals surface area contributed by atoms with Crippen LogP contribution < -0.4 is 0 Å². The van der Waals surface area contributed by atoms with E-state index < -0.39 is 22.0 Å². The summed E-state index contributed by atoms with van der Waals surface area (Å²) in [5.74, 6) is -0.0374. The lowest BCUT2D eigenvalue weighted by Crippen LogP contribution is -2.53. The number of nitrogens with zero attached hydrogens (tertiary/aromatic N) is 1. The van der Waals surface area contributed by atoms with E-state index in [1.807, 2.05) is 6.92 Å². The van der Waals surface area contributed by atoms with Gasteiger partial charge in [-0.3, -0.25) is 14.9 Å². The van der Waals surface area contributed by atoms with Gasteiger partial charge < -0.3 is 9.90 Å². The summed E-state index contributed by atoms with van der Waals surface area (Å²) in [5.41, 5.74) is -1.94. The third-order valence-corrected chi connectivity index (χ3v) is 7.18. The number of hydrogen-bond donors (Lipinski definition) is 1. The predicted octanol–water partition coefficient (Wildman–Crippen LogP) is 2.93. The van der Waals surface area contributed by atoms with Crippen molar-refractivity contribution in [1.82, 2.24) is 0 Å². The van der Waals surface area contributed by atoms with E-state index in [4.69, 9.17) is 0 Å². The topological polar surface area (TPSA) is 97.5 Å². The molecule has 1 N–H and O–H groups in total. The van der Waals surface area contributed by atoms with Crippen molar-refractivity contribution in [2.45, 2.75) is 84.3 Å². The second-order valence-corrected chi connectivity index (χ2v) is 8.50. The van der Waals surface area contributed by atoms with E-state index in [0.29, 0.717) is 12.3 Å². The van der Waals surface area contributed by atoms with Crippen molar-refractivity contribution in [2.24, 2.45) is 16.7 Å². The van der Waals surface area contributed by atoms with E-state index in [-0.39, 0.29) is 42.7 Å². The van der Waals surface area contributed by atoms with Gasteiger partial charge in [0.05, 0.1) is 0 Å². The molecule has 2 aliphatic carbocycles. The van der Waals surface area contributed by atoms with E-state index >= 15 is 0 Å². The minimum atomic E-state index is -1.37. The van der Waals surface area contributed by atoms with Crippen LogP contribution >= 0.6 is 0 Å². The van der Waals surface area contributed by atoms with Gasteiger partial charge in [0.25, 0.3) is 0 Å². The molecule has 2 aliphatic rings. The molecule has 0 saturated heterocycles. The molecule has 0 heterocycles. The number of carbonyl (C=O) groups excluding carboxylic acids is 2. The van der Waals surface area contributed by atoms with E-state index in [0.717, 1.165) is 12.8 Å². The molecule has 0 radical (unpaired) electrons. The lowest BCUT2D eigenvalue weighted by Gasteiger charge is -2.44. The maximum absolute atomic E-state index is 12.8. The van der Waals surface area contributed by atoms with Gasteiger partial charge in [-0.1, -0.05) is 20.8 Å². The minimum Gasteiger partial charge on any atom is -0.381 e. The molecule has 0 aromatic heterocycles. The summed E-state index contributed by atoms with van der Waals surface area (Å²) < 4.78 is 0. The molecular weight excluding hydrogens is 310 g/mol. The number of fused-ring (bicyclic) bond motifs is 2. The van der Waals surface area contributed by atoms with E-state index in [1.54, 1.807) is 0 Å². The largest absolute Gasteiger partial charge is 0.381 e. The van der Waals surface area contributed by atoms with Crippen molar-refractivity contribution in [3.05, 3.63) is 10.1 Å². The molecule has 6 nitrogen and oxygen atoms in total. The quantitative estimate of drug-likeness (QED) is 0.541. The Kier molecular flexibility index (Phi) is 4.92. The monoisotopic (exact) mass is 339 g/mol. The Labute approximate surface area is 143 Å². The Morgan fingerprint density at radius 1 is 1.25 bits per heavy atom. The number of aliphatic hydroxyl groups is 1. The molecule has 0 amide bonds. The third-order valence-electron chi connectivity index (χ3n) is 7.18. The smallest absolute Gasteiger partial charge is 0.214 e. The number of hydrogen-bond acceptors (Lipinski definition) is 5. The molecule has 0 aromatic carbocycles. The lowest BCUT2D eigenvalue weighted by molar-refractivity contribution is -0.524. The first-order valence-electron chi connectivity index (χ1n) is 8.84. The van der Waals surface area contributed by atoms with Crippen LogP contribution in [0.1, 0.15) is 72.6 Å². The minimum absolute atomic E-state index is 0.00155. The van der Waals surface area contributed by atoms with Crippen molar-refractivity contribution in [3.63, 3.8) is 0 Å². The summed E-state index contributed by atoms with van der Waals surface area (Å²) in [6, 6.07) is -0.902. The molecular formula is C18H29NO5. The third kappa shape index (κ3) is 2.79. The number of ketones is 2. The summed E-state index contributed by atoms with van der Waals surface area (Å²) in [5, 5.41) is 22.3. The molecule has 0 aromatic rings. The fourth-order valence-electron chi connectivity index (χ4n) is 4.93. The highest BCUT2D eigenvalue weighted by Crippen LogP contribution is 2.69. The van der Waals surface area contributed by atoms with Crippen LogP contribution in [0.5, 0.6) is 0 Å². The van der Waals surface area contributed by atoms with Crippen molar-refractivity contribution >= 4 is 11.6 Å². The van der Waals surface area contributed by atoms with Crippen LogP contribution in [0.25, 0.3) is 0 Å². The molecule has 0 unspecified atom stereocenters. The SMILES string of the molecule is CC(=O)CC[C@@H](CCC(=O)[C@@]1(O)C[C@H]2CC[C@]1(C)C2(C)C)[N+](=O)[O-]. The summed E-state index contributed by atoms with van der Waals surface area (Å²) in [6.07, 6.45) is 2.69. The fraction of sp³-hybridized carbons (Fsp3) is 0.889. The first kappa shape index (κ1) is 19.0. The second kappa shape index (κ2) is 6.21. The Balaban J connectivity index is 2.04. The summed E-state index contributed by atoms with van der Waals surface area (Å²) in [7, 11) is 0. The van der Waals surface area contributed by atoms with Gasteiger partial charge in [-0.25, -0.2) is 0 Å². The van der Waals surface area contributed by atoms with Gasteiger partial charge in [0.15, 0.2) is 5.78 Å². The lowest BCUT2D eigenvalue weighted by atomic mass is 9.62. The van der Waals surface area contributed by atoms with Gasteiger partial charge in [0.1, 0.15) is 11.4 Å². The number of carbonyl (C=O) groups is 2. The van der Waals surface area contributed by atoms with Crippen molar-refractivity contribution < 1.29 is 19.6 Å². The number of Topliss-reactive ketones (excluding diaryl/α,β-unsaturated/α-hetero) is 2. The van der Waals surface area contributed by atoms with Crippen molar-refractivity contribution in [1.29, 1.82) is 0 Å². The van der Waals surface area contributed by atoms with Crippen LogP contribution in [-0.4, -0.2) is 33.2 Å². The molecule has 2 rings (SSSR count). The normalized spacial score (nSPS) is 35.0. The average molecular weight is 339 g/mol. The summed E-state index contributed by atoms with van der Waals surface area (Å²) in [4.78, 5) is 34.5. The molecule has 6 heteroatoms. The fourth-order valence-corrected chi connectivity index (χ4v) is 4.93. The summed E-state index contributed by atoms with van der Waals surface area (Å²) in [6.45, 7) is 7.62. The van der Waals surface area contributed by atoms with Crippen molar-refractivity contribution in [2.75, 3.05) is 0 Å². The van der Waals surface area contributed by atoms with Gasteiger partial charge in [-0.15, -0.1) is 0 Å². The molecule has 2 fully saturated rings. The van der Waals surface area contributed by atoms with Crippen LogP contribution in [0.3, 0.4) is 0 Å². The van der Waals surface area contributed by atoms with E-state index in [2.05, 4.69) is 13.8 Å². The van der Waals surface area contributed by atoms with Gasteiger partial charge in [-0.05, 0) is 37.5 Å². The molecule has 24 heavy (non-hydrogen) atoms. The van der Waals surface area contributed by atoms with Crippen LogP contribution in [0.2, 0.25) is 0 Å². The molecule has 2 saturated carbocycles. The maximum atomic E-state index is 12.8. The van der Waals surface area contributed by atoms with Gasteiger partial charge in [0, 0.05) is 36.0 Å². The Hall–Kier alpha value is -1.30. The highest BCUT2D eigenvalue weighted by molar-refractivity contribution is 5.89. The molecule has 0 aliphatic heterocycles.